The molecule has 5 nitrogen and oxygen atoms in total. The molecule has 0 heterocycles. The summed E-state index contributed by atoms with van der Waals surface area (Å²) in [7, 11) is 0. The Bertz CT molecular complexity index is 117. The van der Waals surface area contributed by atoms with Gasteiger partial charge in [-0.2, -0.15) is 0 Å². The van der Waals surface area contributed by atoms with E-state index in [0.29, 0.717) is 0 Å². The van der Waals surface area contributed by atoms with Crippen LogP contribution >= 0.6 is 0 Å². The van der Waals surface area contributed by atoms with E-state index in [-0.39, 0.29) is 0 Å². The Morgan fingerprint density at radius 3 is 1.13 bits per heavy atom. The molecule has 4 atom stereocenters. The van der Waals surface area contributed by atoms with Crippen LogP contribution in [0, 0.1) is 5.92 Å². The molecule has 5 N–H and O–H groups in total. The second-order valence-corrected chi connectivity index (χ2v) is 4.02. The van der Waals surface area contributed by atoms with Crippen molar-refractivity contribution in [3.8, 4) is 0 Å². The lowest BCUT2D eigenvalue weighted by atomic mass is 9.80. The van der Waals surface area contributed by atoms with Crippen LogP contribution in [0.1, 0.15) is 27.2 Å². The van der Waals surface area contributed by atoms with Crippen LogP contribution in [0.5, 0.6) is 0 Å². The zero-order valence-electron chi connectivity index (χ0n) is 9.41. The fourth-order valence-corrected chi connectivity index (χ4v) is 1.43. The summed E-state index contributed by atoms with van der Waals surface area (Å²) in [5, 5.41) is 45.8. The molecule has 0 spiro atoms. The van der Waals surface area contributed by atoms with Crippen LogP contribution in [0.2, 0.25) is 0 Å². The van der Waals surface area contributed by atoms with Gasteiger partial charge in [-0.3, -0.25) is 0 Å². The van der Waals surface area contributed by atoms with Gasteiger partial charge in [-0.1, -0.05) is 27.2 Å². The van der Waals surface area contributed by atoms with Crippen molar-refractivity contribution in [2.45, 2.75) is 57.7 Å². The average molecular weight is 222 g/mol. The van der Waals surface area contributed by atoms with Gasteiger partial charge in [0.1, 0.15) is 18.3 Å². The van der Waals surface area contributed by atoms with E-state index < -0.39 is 36.4 Å². The van der Waals surface area contributed by atoms with Crippen LogP contribution in [0.15, 0.2) is 0 Å². The number of rotatable bonds is 0. The molecule has 0 saturated heterocycles. The standard InChI is InChI=1S/C7H14O5.C3H8/c1-2-3(8)5(10)7(12)6(11)4(2)9;1-3-2/h2-12H,1H3;3H2,1-2H3. The summed E-state index contributed by atoms with van der Waals surface area (Å²) in [5.74, 6) is -0.640. The molecule has 0 aromatic rings. The Morgan fingerprint density at radius 1 is 0.667 bits per heavy atom. The minimum absolute atomic E-state index is 0.640. The molecule has 4 unspecified atom stereocenters. The summed E-state index contributed by atoms with van der Waals surface area (Å²) < 4.78 is 0. The molecular weight excluding hydrogens is 200 g/mol. The molecule has 1 aliphatic carbocycles. The highest BCUT2D eigenvalue weighted by Gasteiger charge is 2.45. The topological polar surface area (TPSA) is 101 Å². The lowest BCUT2D eigenvalue weighted by molar-refractivity contribution is -0.200. The third kappa shape index (κ3) is 3.39. The van der Waals surface area contributed by atoms with Crippen molar-refractivity contribution in [3.63, 3.8) is 0 Å². The predicted molar refractivity (Wildman–Crippen MR) is 55.2 cm³/mol. The van der Waals surface area contributed by atoms with E-state index in [9.17, 15) is 10.2 Å². The molecule has 0 bridgehead atoms. The van der Waals surface area contributed by atoms with Crippen LogP contribution in [-0.4, -0.2) is 56.1 Å². The number of aliphatic hydroxyl groups is 5. The van der Waals surface area contributed by atoms with Crippen molar-refractivity contribution < 1.29 is 25.5 Å². The first-order valence-electron chi connectivity index (χ1n) is 5.28. The molecule has 1 saturated carbocycles. The SMILES string of the molecule is CC1C(O)C(O)C(O)C(O)C1O.CCC. The van der Waals surface area contributed by atoms with Crippen molar-refractivity contribution in [2.24, 2.45) is 5.92 Å². The Hall–Kier alpha value is -0.200. The predicted octanol–water partition coefficient (Wildman–Crippen LogP) is -1.14. The van der Waals surface area contributed by atoms with Gasteiger partial charge in [-0.15, -0.1) is 0 Å². The second kappa shape index (κ2) is 6.40. The van der Waals surface area contributed by atoms with Gasteiger partial charge in [-0.25, -0.2) is 0 Å². The van der Waals surface area contributed by atoms with E-state index in [1.807, 2.05) is 0 Å². The summed E-state index contributed by atoms with van der Waals surface area (Å²) in [5.41, 5.74) is 0. The molecule has 1 fully saturated rings. The third-order valence-electron chi connectivity index (χ3n) is 2.48. The highest BCUT2D eigenvalue weighted by Crippen LogP contribution is 2.25. The van der Waals surface area contributed by atoms with Crippen molar-refractivity contribution in [3.05, 3.63) is 0 Å². The Labute approximate surface area is 90.0 Å². The molecule has 0 aliphatic heterocycles. The van der Waals surface area contributed by atoms with Crippen LogP contribution < -0.4 is 0 Å². The zero-order valence-corrected chi connectivity index (χ0v) is 9.41. The third-order valence-corrected chi connectivity index (χ3v) is 2.48. The van der Waals surface area contributed by atoms with Gasteiger partial charge in [-0.05, 0) is 0 Å². The highest BCUT2D eigenvalue weighted by molar-refractivity contribution is 4.96. The minimum atomic E-state index is -1.48. The van der Waals surface area contributed by atoms with Crippen molar-refractivity contribution in [1.29, 1.82) is 0 Å². The minimum Gasteiger partial charge on any atom is -0.390 e. The largest absolute Gasteiger partial charge is 0.390 e. The molecule has 0 aromatic heterocycles. The lowest BCUT2D eigenvalue weighted by Crippen LogP contribution is -2.60. The molecule has 5 heteroatoms. The molecule has 1 aliphatic rings. The summed E-state index contributed by atoms with van der Waals surface area (Å²) in [4.78, 5) is 0. The molecule has 1 rings (SSSR count). The van der Waals surface area contributed by atoms with Gasteiger partial charge in [0.25, 0.3) is 0 Å². The van der Waals surface area contributed by atoms with Gasteiger partial charge in [0.2, 0.25) is 0 Å². The Balaban J connectivity index is 0.000000583. The van der Waals surface area contributed by atoms with E-state index in [4.69, 9.17) is 15.3 Å². The van der Waals surface area contributed by atoms with E-state index in [1.165, 1.54) is 13.3 Å². The van der Waals surface area contributed by atoms with Crippen LogP contribution in [0.25, 0.3) is 0 Å². The Morgan fingerprint density at radius 2 is 0.867 bits per heavy atom. The molecule has 0 aromatic carbocycles. The van der Waals surface area contributed by atoms with E-state index in [0.717, 1.165) is 0 Å². The quantitative estimate of drug-likeness (QED) is 0.356. The van der Waals surface area contributed by atoms with Gasteiger partial charge < -0.3 is 25.5 Å². The smallest absolute Gasteiger partial charge is 0.111 e. The summed E-state index contributed by atoms with van der Waals surface area (Å²) >= 11 is 0. The first kappa shape index (κ1) is 14.8. The second-order valence-electron chi connectivity index (χ2n) is 4.02. The molecular formula is C10H22O5. The van der Waals surface area contributed by atoms with E-state index >= 15 is 0 Å². The molecule has 0 radical (unpaired) electrons. The van der Waals surface area contributed by atoms with Gasteiger partial charge in [0, 0.05) is 5.92 Å². The maximum atomic E-state index is 9.22. The maximum Gasteiger partial charge on any atom is 0.111 e. The maximum absolute atomic E-state index is 9.22. The number of hydrogen-bond acceptors (Lipinski definition) is 5. The van der Waals surface area contributed by atoms with E-state index in [2.05, 4.69) is 13.8 Å². The average Bonchev–Trinajstić information content (AvgIpc) is 2.22. The van der Waals surface area contributed by atoms with Crippen molar-refractivity contribution >= 4 is 0 Å². The summed E-state index contributed by atoms with van der Waals surface area (Å²) in [6.45, 7) is 5.74. The van der Waals surface area contributed by atoms with Crippen molar-refractivity contribution in [1.82, 2.24) is 0 Å². The summed E-state index contributed by atoms with van der Waals surface area (Å²) in [6.07, 6.45) is -5.40. The van der Waals surface area contributed by atoms with Crippen LogP contribution in [0.3, 0.4) is 0 Å². The van der Waals surface area contributed by atoms with Gasteiger partial charge >= 0.3 is 0 Å². The normalized spacial score (nSPS) is 45.6. The van der Waals surface area contributed by atoms with Crippen LogP contribution in [0.4, 0.5) is 0 Å². The summed E-state index contributed by atoms with van der Waals surface area (Å²) in [6, 6.07) is 0. The van der Waals surface area contributed by atoms with E-state index in [1.54, 1.807) is 0 Å². The highest BCUT2D eigenvalue weighted by atomic mass is 16.4. The lowest BCUT2D eigenvalue weighted by Gasteiger charge is -2.40. The number of aliphatic hydroxyl groups excluding tert-OH is 5. The fourth-order valence-electron chi connectivity index (χ4n) is 1.43. The molecule has 15 heavy (non-hydrogen) atoms. The zero-order chi connectivity index (χ0) is 12.2. The fraction of sp³-hybridized carbons (Fsp3) is 1.00. The Kier molecular flexibility index (Phi) is 6.31. The number of hydrogen-bond donors (Lipinski definition) is 5. The monoisotopic (exact) mass is 222 g/mol. The van der Waals surface area contributed by atoms with Gasteiger partial charge in [0.05, 0.1) is 12.2 Å². The van der Waals surface area contributed by atoms with Crippen LogP contribution in [-0.2, 0) is 0 Å². The first-order chi connectivity index (χ1) is 6.88. The molecule has 0 amide bonds. The van der Waals surface area contributed by atoms with Gasteiger partial charge in [0.15, 0.2) is 0 Å². The first-order valence-corrected chi connectivity index (χ1v) is 5.28. The molecule has 92 valence electrons. The van der Waals surface area contributed by atoms with Crippen molar-refractivity contribution in [2.75, 3.05) is 0 Å².